The first-order valence-electron chi connectivity index (χ1n) is 21.2. The Morgan fingerprint density at radius 3 is 1.62 bits per heavy atom. The molecule has 12 rings (SSSR count). The van der Waals surface area contributed by atoms with Crippen molar-refractivity contribution >= 4 is 44.4 Å². The predicted octanol–water partition coefficient (Wildman–Crippen LogP) is 14.0. The number of nitrogens with zero attached hydrogens (tertiary/aromatic N) is 2. The smallest absolute Gasteiger partial charge is 0.0579 e. The Labute approximate surface area is 340 Å². The molecule has 2 heterocycles. The molecule has 0 spiro atoms. The van der Waals surface area contributed by atoms with Crippen molar-refractivity contribution in [1.82, 2.24) is 9.13 Å². The number of fused-ring (bicyclic) bond motifs is 8. The van der Waals surface area contributed by atoms with Gasteiger partial charge >= 0.3 is 0 Å². The maximum absolute atomic E-state index is 2.65. The SMILES string of the molecule is Cc1ccc(C2=Cc3c(n(-c4ccccc4)c4c5c6c(cc34)CCc3cc4c7cc(-c8ccc(C)c(C)c8)ccc7n(-c7ccccc7)c4c(c3-6)CC5)CC2)cc1C. The number of para-hydroxylation sites is 2. The summed E-state index contributed by atoms with van der Waals surface area (Å²) in [5.74, 6) is 0. The minimum atomic E-state index is 1.02. The average Bonchev–Trinajstić information content (AvgIpc) is 3.77. The number of hydrogen-bond acceptors (Lipinski definition) is 0. The highest BCUT2D eigenvalue weighted by Crippen LogP contribution is 2.52. The predicted molar refractivity (Wildman–Crippen MR) is 245 cm³/mol. The van der Waals surface area contributed by atoms with Crippen LogP contribution in [0.3, 0.4) is 0 Å². The van der Waals surface area contributed by atoms with Crippen molar-refractivity contribution in [3.63, 3.8) is 0 Å². The van der Waals surface area contributed by atoms with Crippen LogP contribution in [0.5, 0.6) is 0 Å². The highest BCUT2D eigenvalue weighted by Gasteiger charge is 2.34. The molecule has 2 aromatic heterocycles. The van der Waals surface area contributed by atoms with E-state index >= 15 is 0 Å². The molecule has 0 bridgehead atoms. The highest BCUT2D eigenvalue weighted by molar-refractivity contribution is 6.15. The topological polar surface area (TPSA) is 9.86 Å². The first-order chi connectivity index (χ1) is 28.4. The van der Waals surface area contributed by atoms with Crippen LogP contribution in [-0.2, 0) is 32.1 Å². The lowest BCUT2D eigenvalue weighted by molar-refractivity contribution is 0.870. The number of benzene rings is 7. The average molecular weight is 747 g/mol. The van der Waals surface area contributed by atoms with Crippen LogP contribution in [0.2, 0.25) is 0 Å². The van der Waals surface area contributed by atoms with Crippen molar-refractivity contribution in [3.8, 4) is 33.6 Å². The summed E-state index contributed by atoms with van der Waals surface area (Å²) in [5, 5.41) is 4.16. The Morgan fingerprint density at radius 2 is 0.966 bits per heavy atom. The van der Waals surface area contributed by atoms with Crippen LogP contribution >= 0.6 is 0 Å². The second-order valence-electron chi connectivity index (χ2n) is 17.3. The molecule has 7 aromatic carbocycles. The molecule has 0 unspecified atom stereocenters. The van der Waals surface area contributed by atoms with Crippen molar-refractivity contribution in [3.05, 3.63) is 189 Å². The van der Waals surface area contributed by atoms with Crippen molar-refractivity contribution in [1.29, 1.82) is 0 Å². The molecule has 58 heavy (non-hydrogen) atoms. The Morgan fingerprint density at radius 1 is 0.414 bits per heavy atom. The number of hydrogen-bond donors (Lipinski definition) is 0. The zero-order chi connectivity index (χ0) is 38.8. The van der Waals surface area contributed by atoms with E-state index < -0.39 is 0 Å². The Bertz CT molecular complexity index is 3240. The minimum absolute atomic E-state index is 1.02. The molecule has 0 saturated heterocycles. The molecule has 2 heteroatoms. The van der Waals surface area contributed by atoms with Crippen LogP contribution in [0, 0.1) is 27.7 Å². The lowest BCUT2D eigenvalue weighted by Gasteiger charge is -2.31. The second-order valence-corrected chi connectivity index (χ2v) is 17.3. The van der Waals surface area contributed by atoms with Gasteiger partial charge in [-0.1, -0.05) is 78.9 Å². The van der Waals surface area contributed by atoms with Gasteiger partial charge in [0.05, 0.1) is 16.6 Å². The molecule has 0 atom stereocenters. The van der Waals surface area contributed by atoms with E-state index in [1.165, 1.54) is 128 Å². The number of aryl methyl sites for hydroxylation is 8. The van der Waals surface area contributed by atoms with Crippen LogP contribution < -0.4 is 0 Å². The lowest BCUT2D eigenvalue weighted by Crippen LogP contribution is -2.16. The summed E-state index contributed by atoms with van der Waals surface area (Å²) in [4.78, 5) is 0. The summed E-state index contributed by atoms with van der Waals surface area (Å²) in [7, 11) is 0. The zero-order valence-corrected chi connectivity index (χ0v) is 33.8. The van der Waals surface area contributed by atoms with E-state index in [1.807, 2.05) is 0 Å². The third kappa shape index (κ3) is 4.84. The first-order valence-corrected chi connectivity index (χ1v) is 21.2. The van der Waals surface area contributed by atoms with Gasteiger partial charge in [-0.05, 0) is 199 Å². The standard InChI is InChI=1S/C56H46N2/c1-33-15-17-37(27-35(33)3)39-21-25-51-47(29-39)49-31-41-19-20-42-32-50-48-30-40(38-18-16-34(2)36(4)28-38)22-26-52(48)58(44-13-9-6-10-14-44)56(50)46-24-23-45(53(41)54(42)46)55(49)57(51)43-11-7-5-8-12-43/h5-18,21,25,27-32H,19-20,22-24,26H2,1-4H3. The van der Waals surface area contributed by atoms with Crippen LogP contribution in [-0.4, -0.2) is 9.13 Å². The molecular formula is C56H46N2. The largest absolute Gasteiger partial charge is 0.313 e. The van der Waals surface area contributed by atoms with E-state index in [0.29, 0.717) is 0 Å². The van der Waals surface area contributed by atoms with E-state index in [2.05, 4.69) is 170 Å². The van der Waals surface area contributed by atoms with Gasteiger partial charge in [0, 0.05) is 38.8 Å². The normalized spacial score (nSPS) is 14.2. The van der Waals surface area contributed by atoms with Crippen molar-refractivity contribution in [2.45, 2.75) is 66.2 Å². The molecule has 3 aliphatic rings. The van der Waals surface area contributed by atoms with Gasteiger partial charge in [-0.15, -0.1) is 0 Å². The maximum Gasteiger partial charge on any atom is 0.0579 e. The van der Waals surface area contributed by atoms with E-state index in [-0.39, 0.29) is 0 Å². The summed E-state index contributed by atoms with van der Waals surface area (Å²) in [6.07, 6.45) is 8.81. The van der Waals surface area contributed by atoms with Gasteiger partial charge in [0.2, 0.25) is 0 Å². The fourth-order valence-corrected chi connectivity index (χ4v) is 10.9. The lowest BCUT2D eigenvalue weighted by atomic mass is 9.73. The number of allylic oxidation sites excluding steroid dienone is 1. The highest BCUT2D eigenvalue weighted by atomic mass is 15.0. The number of rotatable bonds is 4. The Kier molecular flexibility index (Phi) is 7.30. The van der Waals surface area contributed by atoms with Gasteiger partial charge in [0.1, 0.15) is 0 Å². The van der Waals surface area contributed by atoms with Crippen molar-refractivity contribution in [2.75, 3.05) is 0 Å². The van der Waals surface area contributed by atoms with E-state index in [9.17, 15) is 0 Å². The third-order valence-corrected chi connectivity index (χ3v) is 14.0. The zero-order valence-electron chi connectivity index (χ0n) is 33.8. The first kappa shape index (κ1) is 33.7. The van der Waals surface area contributed by atoms with Crippen LogP contribution in [0.25, 0.3) is 78.0 Å². The fourth-order valence-electron chi connectivity index (χ4n) is 10.9. The molecule has 0 fully saturated rings. The minimum Gasteiger partial charge on any atom is -0.313 e. The van der Waals surface area contributed by atoms with E-state index in [0.717, 1.165) is 38.5 Å². The molecule has 0 aliphatic heterocycles. The van der Waals surface area contributed by atoms with Gasteiger partial charge in [0.25, 0.3) is 0 Å². The fraction of sp³-hybridized carbons (Fsp3) is 0.179. The molecule has 0 radical (unpaired) electrons. The molecular weight excluding hydrogens is 701 g/mol. The van der Waals surface area contributed by atoms with E-state index in [4.69, 9.17) is 0 Å². The summed E-state index contributed by atoms with van der Waals surface area (Å²) in [6, 6.07) is 48.5. The summed E-state index contributed by atoms with van der Waals surface area (Å²) < 4.78 is 5.23. The molecule has 0 N–H and O–H groups in total. The molecule has 0 saturated carbocycles. The van der Waals surface area contributed by atoms with Gasteiger partial charge < -0.3 is 9.13 Å². The summed E-state index contributed by atoms with van der Waals surface area (Å²) in [6.45, 7) is 8.89. The van der Waals surface area contributed by atoms with Crippen molar-refractivity contribution < 1.29 is 0 Å². The molecule has 280 valence electrons. The number of aromatic nitrogens is 2. The van der Waals surface area contributed by atoms with Crippen LogP contribution in [0.4, 0.5) is 0 Å². The Hall–Kier alpha value is -6.38. The molecule has 9 aromatic rings. The third-order valence-electron chi connectivity index (χ3n) is 14.0. The Balaban J connectivity index is 1.13. The van der Waals surface area contributed by atoms with Gasteiger partial charge in [0.15, 0.2) is 0 Å². The quantitative estimate of drug-likeness (QED) is 0.170. The molecule has 2 nitrogen and oxygen atoms in total. The van der Waals surface area contributed by atoms with Gasteiger partial charge in [-0.25, -0.2) is 0 Å². The van der Waals surface area contributed by atoms with Gasteiger partial charge in [-0.2, -0.15) is 0 Å². The molecule has 0 amide bonds. The summed E-state index contributed by atoms with van der Waals surface area (Å²) >= 11 is 0. The van der Waals surface area contributed by atoms with Gasteiger partial charge in [-0.3, -0.25) is 0 Å². The van der Waals surface area contributed by atoms with Crippen LogP contribution in [0.15, 0.2) is 127 Å². The van der Waals surface area contributed by atoms with E-state index in [1.54, 1.807) is 5.56 Å². The second kappa shape index (κ2) is 12.6. The van der Waals surface area contributed by atoms with Crippen molar-refractivity contribution in [2.24, 2.45) is 0 Å². The van der Waals surface area contributed by atoms with Crippen LogP contribution in [0.1, 0.15) is 67.7 Å². The molecule has 3 aliphatic carbocycles. The monoisotopic (exact) mass is 746 g/mol. The maximum atomic E-state index is 2.65. The summed E-state index contributed by atoms with van der Waals surface area (Å²) in [5.41, 5.74) is 29.4.